The topological polar surface area (TPSA) is 67.6 Å². The number of nitrogens with zero attached hydrogens (tertiary/aromatic N) is 3. The molecular weight excluding hydrogens is 481 g/mol. The molecule has 2 aromatic heterocycles. The number of halogens is 1. The highest BCUT2D eigenvalue weighted by Crippen LogP contribution is 2.47. The van der Waals surface area contributed by atoms with Gasteiger partial charge < -0.3 is 14.4 Å². The summed E-state index contributed by atoms with van der Waals surface area (Å²) in [7, 11) is 1.67. The van der Waals surface area contributed by atoms with Crippen molar-refractivity contribution in [2.75, 3.05) is 13.7 Å². The molecule has 1 fully saturated rings. The summed E-state index contributed by atoms with van der Waals surface area (Å²) in [5.74, 6) is -0.387. The van der Waals surface area contributed by atoms with Gasteiger partial charge in [0.05, 0.1) is 18.4 Å². The lowest BCUT2D eigenvalue weighted by Crippen LogP contribution is -2.29. The van der Waals surface area contributed by atoms with E-state index in [-0.39, 0.29) is 11.5 Å². The highest BCUT2D eigenvalue weighted by Gasteiger charge is 2.34. The number of fused-ring (bicyclic) bond motifs is 5. The Kier molecular flexibility index (Phi) is 6.62. The summed E-state index contributed by atoms with van der Waals surface area (Å²) in [4.78, 5) is 18.6. The number of benzene rings is 2. The van der Waals surface area contributed by atoms with Crippen molar-refractivity contribution in [3.63, 3.8) is 0 Å². The molecule has 6 rings (SSSR count). The molecule has 196 valence electrons. The van der Waals surface area contributed by atoms with Gasteiger partial charge in [-0.2, -0.15) is 0 Å². The number of carboxylic acid groups (broad SMARTS) is 1. The van der Waals surface area contributed by atoms with Crippen LogP contribution in [0.1, 0.15) is 58.6 Å². The van der Waals surface area contributed by atoms with Crippen LogP contribution in [0.5, 0.6) is 5.75 Å². The molecule has 1 aliphatic heterocycles. The molecule has 0 amide bonds. The molecule has 0 bridgehead atoms. The van der Waals surface area contributed by atoms with Crippen LogP contribution in [0.25, 0.3) is 22.2 Å². The Morgan fingerprint density at radius 2 is 2.00 bits per heavy atom. The van der Waals surface area contributed by atoms with Crippen LogP contribution >= 0.6 is 0 Å². The van der Waals surface area contributed by atoms with E-state index in [0.717, 1.165) is 77.0 Å². The van der Waals surface area contributed by atoms with E-state index in [1.54, 1.807) is 25.4 Å². The molecule has 1 saturated carbocycles. The van der Waals surface area contributed by atoms with Crippen LogP contribution in [0.3, 0.4) is 0 Å². The fourth-order valence-corrected chi connectivity index (χ4v) is 6.32. The number of aromatic nitrogens is 2. The smallest absolute Gasteiger partial charge is 0.335 e. The molecule has 2 atom stereocenters. The number of rotatable bonds is 5. The maximum absolute atomic E-state index is 15.6. The Labute approximate surface area is 221 Å². The van der Waals surface area contributed by atoms with Gasteiger partial charge in [0, 0.05) is 61.0 Å². The molecule has 0 unspecified atom stereocenters. The van der Waals surface area contributed by atoms with Gasteiger partial charge in [0.25, 0.3) is 0 Å². The summed E-state index contributed by atoms with van der Waals surface area (Å²) < 4.78 is 23.4. The van der Waals surface area contributed by atoms with Crippen LogP contribution in [0, 0.1) is 0 Å². The molecule has 0 spiro atoms. The average molecular weight is 514 g/mol. The van der Waals surface area contributed by atoms with E-state index < -0.39 is 12.1 Å². The van der Waals surface area contributed by atoms with Gasteiger partial charge in [-0.3, -0.25) is 9.88 Å². The number of methoxy groups -OCH3 is 1. The zero-order valence-electron chi connectivity index (χ0n) is 21.6. The normalized spacial score (nSPS) is 19.8. The second kappa shape index (κ2) is 10.2. The molecule has 6 nitrogen and oxygen atoms in total. The SMILES string of the molecule is COc1ccc2c(c1)CN(Cc1cccnc1)CCn1c-2c([C@H]2CCCC[C@@H]2F)c2ccc(C(=O)O)cc21. The Hall–Kier alpha value is -3.71. The lowest BCUT2D eigenvalue weighted by atomic mass is 9.80. The fraction of sp³-hybridized carbons (Fsp3) is 0.355. The van der Waals surface area contributed by atoms with E-state index in [2.05, 4.69) is 32.7 Å². The van der Waals surface area contributed by atoms with Gasteiger partial charge in [-0.15, -0.1) is 0 Å². The number of hydrogen-bond donors (Lipinski definition) is 1. The molecule has 2 aliphatic rings. The van der Waals surface area contributed by atoms with Gasteiger partial charge in [0.15, 0.2) is 0 Å². The van der Waals surface area contributed by atoms with E-state index >= 15 is 4.39 Å². The first-order valence-corrected chi connectivity index (χ1v) is 13.4. The summed E-state index contributed by atoms with van der Waals surface area (Å²) in [6, 6.07) is 15.5. The van der Waals surface area contributed by atoms with Crippen molar-refractivity contribution in [3.8, 4) is 17.0 Å². The first-order valence-electron chi connectivity index (χ1n) is 13.4. The van der Waals surface area contributed by atoms with Gasteiger partial charge in [0.2, 0.25) is 0 Å². The molecule has 0 saturated heterocycles. The fourth-order valence-electron chi connectivity index (χ4n) is 6.32. The van der Waals surface area contributed by atoms with Crippen molar-refractivity contribution in [1.29, 1.82) is 0 Å². The number of pyridine rings is 1. The molecule has 38 heavy (non-hydrogen) atoms. The third kappa shape index (κ3) is 4.45. The average Bonchev–Trinajstić information content (AvgIpc) is 3.24. The van der Waals surface area contributed by atoms with E-state index in [1.165, 1.54) is 0 Å². The minimum absolute atomic E-state index is 0.209. The van der Waals surface area contributed by atoms with Crippen LogP contribution < -0.4 is 4.74 Å². The van der Waals surface area contributed by atoms with E-state index in [9.17, 15) is 9.90 Å². The highest BCUT2D eigenvalue weighted by atomic mass is 19.1. The van der Waals surface area contributed by atoms with Gasteiger partial charge in [-0.05, 0) is 65.9 Å². The minimum Gasteiger partial charge on any atom is -0.497 e. The van der Waals surface area contributed by atoms with Gasteiger partial charge in [-0.25, -0.2) is 9.18 Å². The Morgan fingerprint density at radius 3 is 2.76 bits per heavy atom. The first kappa shape index (κ1) is 24.6. The quantitative estimate of drug-likeness (QED) is 0.334. The number of alkyl halides is 1. The van der Waals surface area contributed by atoms with Crippen molar-refractivity contribution < 1.29 is 19.0 Å². The van der Waals surface area contributed by atoms with Crippen LogP contribution in [-0.2, 0) is 19.6 Å². The van der Waals surface area contributed by atoms with E-state index in [1.807, 2.05) is 24.4 Å². The second-order valence-electron chi connectivity index (χ2n) is 10.5. The Balaban J connectivity index is 1.57. The van der Waals surface area contributed by atoms with E-state index in [0.29, 0.717) is 19.5 Å². The van der Waals surface area contributed by atoms with Crippen molar-refractivity contribution in [2.24, 2.45) is 0 Å². The van der Waals surface area contributed by atoms with Gasteiger partial charge in [0.1, 0.15) is 11.9 Å². The molecule has 7 heteroatoms. The monoisotopic (exact) mass is 513 g/mol. The summed E-state index contributed by atoms with van der Waals surface area (Å²) in [5, 5.41) is 10.7. The van der Waals surface area contributed by atoms with Gasteiger partial charge >= 0.3 is 5.97 Å². The molecule has 0 radical (unpaired) electrons. The van der Waals surface area contributed by atoms with Crippen molar-refractivity contribution in [2.45, 2.75) is 57.4 Å². The first-order chi connectivity index (χ1) is 18.5. The van der Waals surface area contributed by atoms with Gasteiger partial charge in [-0.1, -0.05) is 25.0 Å². The molecule has 1 N–H and O–H groups in total. The van der Waals surface area contributed by atoms with Crippen LogP contribution in [0.15, 0.2) is 60.9 Å². The zero-order valence-corrected chi connectivity index (χ0v) is 21.6. The van der Waals surface area contributed by atoms with Crippen molar-refractivity contribution in [1.82, 2.24) is 14.5 Å². The number of carboxylic acids is 1. The third-order valence-electron chi connectivity index (χ3n) is 8.13. The Bertz CT molecular complexity index is 1480. The molecule has 3 heterocycles. The Morgan fingerprint density at radius 1 is 1.13 bits per heavy atom. The maximum atomic E-state index is 15.6. The molecule has 2 aromatic carbocycles. The predicted molar refractivity (Wildman–Crippen MR) is 145 cm³/mol. The predicted octanol–water partition coefficient (Wildman–Crippen LogP) is 6.42. The van der Waals surface area contributed by atoms with Crippen LogP contribution in [0.4, 0.5) is 4.39 Å². The highest BCUT2D eigenvalue weighted by molar-refractivity contribution is 5.98. The number of ether oxygens (including phenoxy) is 1. The van der Waals surface area contributed by atoms with Crippen LogP contribution in [-0.4, -0.2) is 45.4 Å². The second-order valence-corrected chi connectivity index (χ2v) is 10.5. The van der Waals surface area contributed by atoms with Crippen molar-refractivity contribution in [3.05, 3.63) is 83.2 Å². The summed E-state index contributed by atoms with van der Waals surface area (Å²) in [6.07, 6.45) is 6.03. The summed E-state index contributed by atoms with van der Waals surface area (Å²) in [5.41, 5.74) is 6.45. The lowest BCUT2D eigenvalue weighted by molar-refractivity contribution is 0.0697. The van der Waals surface area contributed by atoms with Crippen LogP contribution in [0.2, 0.25) is 0 Å². The molecular formula is C31H32FN3O3. The minimum atomic E-state index is -0.959. The summed E-state index contributed by atoms with van der Waals surface area (Å²) >= 11 is 0. The van der Waals surface area contributed by atoms with Crippen molar-refractivity contribution >= 4 is 16.9 Å². The number of carbonyl (C=O) groups is 1. The zero-order chi connectivity index (χ0) is 26.2. The molecule has 1 aliphatic carbocycles. The number of aromatic carboxylic acids is 1. The third-order valence-corrected chi connectivity index (χ3v) is 8.13. The van der Waals surface area contributed by atoms with E-state index in [4.69, 9.17) is 4.74 Å². The molecule has 4 aromatic rings. The number of hydrogen-bond acceptors (Lipinski definition) is 4. The lowest BCUT2D eigenvalue weighted by Gasteiger charge is -2.31. The standard InChI is InChI=1S/C31H32FN3O3/c1-38-23-9-11-24-22(15-23)19-34(18-20-5-4-12-33-17-20)13-14-35-28-16-21(31(36)37)8-10-26(28)29(30(24)35)25-6-2-3-7-27(25)32/h4-5,8-12,15-17,25,27H,2-3,6-7,13-14,18-19H2,1H3,(H,36,37)/t25-,27-/m0/s1. The largest absolute Gasteiger partial charge is 0.497 e. The maximum Gasteiger partial charge on any atom is 0.335 e. The summed E-state index contributed by atoms with van der Waals surface area (Å²) in [6.45, 7) is 2.88.